The fourth-order valence-electron chi connectivity index (χ4n) is 2.35. The van der Waals surface area contributed by atoms with Crippen molar-refractivity contribution < 1.29 is 21.2 Å². The van der Waals surface area contributed by atoms with Crippen LogP contribution in [0.5, 0.6) is 0 Å². The Bertz CT molecular complexity index is 637. The van der Waals surface area contributed by atoms with Crippen LogP contribution < -0.4 is 21.2 Å². The highest BCUT2D eigenvalue weighted by molar-refractivity contribution is 5.27. The lowest BCUT2D eigenvalue weighted by atomic mass is 9.86. The fraction of sp³-hybridized carbons (Fsp3) is 0.429. The second-order valence-corrected chi connectivity index (χ2v) is 11.0. The van der Waals surface area contributed by atoms with Crippen LogP contribution in [-0.2, 0) is 10.8 Å². The first-order chi connectivity index (χ1) is 10.1. The zero-order valence-corrected chi connectivity index (χ0v) is 17.1. The van der Waals surface area contributed by atoms with Crippen molar-refractivity contribution in [1.29, 1.82) is 0 Å². The topological polar surface area (TPSA) is 0 Å². The number of benzene rings is 2. The first-order valence-corrected chi connectivity index (χ1v) is 10.1. The largest absolute Gasteiger partial charge is 0.358 e. The van der Waals surface area contributed by atoms with Gasteiger partial charge >= 0.3 is 21.2 Å². The van der Waals surface area contributed by atoms with E-state index in [9.17, 15) is 0 Å². The van der Waals surface area contributed by atoms with E-state index < -0.39 is 0 Å². The van der Waals surface area contributed by atoms with Crippen molar-refractivity contribution in [3.05, 3.63) is 66.3 Å². The summed E-state index contributed by atoms with van der Waals surface area (Å²) in [5.74, 6) is 0. The first-order valence-electron chi connectivity index (χ1n) is 7.94. The lowest BCUT2D eigenvalue weighted by Crippen LogP contribution is -3.61. The van der Waals surface area contributed by atoms with Crippen LogP contribution in [0.2, 0.25) is 0 Å². The van der Waals surface area contributed by atoms with E-state index in [-0.39, 0.29) is 32.0 Å². The van der Waals surface area contributed by atoms with Crippen LogP contribution >= 0.6 is 0 Å². The van der Waals surface area contributed by atoms with Crippen LogP contribution in [0.1, 0.15) is 58.2 Å². The van der Waals surface area contributed by atoms with Crippen molar-refractivity contribution in [2.24, 2.45) is 0 Å². The average Bonchev–Trinajstić information content (AvgIpc) is 2.39. The molecule has 0 atom stereocenters. The predicted octanol–water partition coefficient (Wildman–Crippen LogP) is 2.72. The van der Waals surface area contributed by atoms with Crippen LogP contribution in [0.4, 0.5) is 0 Å². The molecule has 118 valence electrons. The number of rotatable bonds is 2. The second kappa shape index (κ2) is 6.35. The van der Waals surface area contributed by atoms with Crippen LogP contribution in [0.15, 0.2) is 42.5 Å². The van der Waals surface area contributed by atoms with Gasteiger partial charge in [0.15, 0.2) is 7.14 Å². The summed E-state index contributed by atoms with van der Waals surface area (Å²) in [6, 6.07) is 16.3. The third-order valence-electron chi connectivity index (χ3n) is 3.95. The quantitative estimate of drug-likeness (QED) is 0.672. The van der Waals surface area contributed by atoms with Crippen LogP contribution in [0.25, 0.3) is 0 Å². The Balaban J connectivity index is 2.21. The molecular weight excluding hydrogens is 379 g/mol. The van der Waals surface area contributed by atoms with E-state index in [1.807, 2.05) is 0 Å². The molecule has 0 saturated heterocycles. The maximum atomic E-state index is 2.37. The molecule has 0 aliphatic heterocycles. The van der Waals surface area contributed by atoms with Gasteiger partial charge in [-0.25, -0.2) is 0 Å². The molecule has 0 spiro atoms. The summed E-state index contributed by atoms with van der Waals surface area (Å²) >= 11 is -0.0920. The smallest absolute Gasteiger partial charge is 0.0561 e. The summed E-state index contributed by atoms with van der Waals surface area (Å²) in [5, 5.41) is 0. The zero-order valence-electron chi connectivity index (χ0n) is 14.9. The molecule has 0 radical (unpaired) electrons. The van der Waals surface area contributed by atoms with Gasteiger partial charge in [-0.15, -0.1) is 0 Å². The molecule has 2 aromatic rings. The molecule has 1 heteroatoms. The monoisotopic (exact) mass is 407 g/mol. The van der Waals surface area contributed by atoms with Crippen LogP contribution in [0, 0.1) is 14.1 Å². The highest BCUT2D eigenvalue weighted by Gasteiger charge is 2.22. The molecule has 2 aromatic carbocycles. The summed E-state index contributed by atoms with van der Waals surface area (Å²) in [6.07, 6.45) is 0. The molecular formula is C21H28I+. The zero-order chi connectivity index (χ0) is 16.5. The Hall–Kier alpha value is -0.830. The summed E-state index contributed by atoms with van der Waals surface area (Å²) in [5.41, 5.74) is 4.76. The third kappa shape index (κ3) is 4.34. The minimum Gasteiger partial charge on any atom is -0.0561 e. The Kier molecular flexibility index (Phi) is 5.06. The van der Waals surface area contributed by atoms with E-state index in [0.29, 0.717) is 0 Å². The fourth-order valence-corrected chi connectivity index (χ4v) is 4.68. The molecule has 0 aromatic heterocycles. The van der Waals surface area contributed by atoms with Crippen LogP contribution in [-0.4, -0.2) is 0 Å². The highest BCUT2D eigenvalue weighted by Crippen LogP contribution is 2.23. The van der Waals surface area contributed by atoms with E-state index in [1.54, 1.807) is 0 Å². The Morgan fingerprint density at radius 2 is 1.18 bits per heavy atom. The standard InChI is InChI=1S/C21H28I/c1-15-14-17(21(5,6)7)10-13-19(15)22-18-11-8-16(9-12-18)20(2,3)4/h8-14H,1-7H3/q+1. The Morgan fingerprint density at radius 3 is 1.64 bits per heavy atom. The van der Waals surface area contributed by atoms with Crippen molar-refractivity contribution in [2.45, 2.75) is 59.3 Å². The highest BCUT2D eigenvalue weighted by atomic mass is 127. The normalized spacial score (nSPS) is 12.5. The molecule has 0 aliphatic rings. The second-order valence-electron chi connectivity index (χ2n) is 8.07. The van der Waals surface area contributed by atoms with Crippen molar-refractivity contribution in [1.82, 2.24) is 0 Å². The molecule has 0 saturated carbocycles. The first kappa shape index (κ1) is 17.5. The molecule has 0 amide bonds. The van der Waals surface area contributed by atoms with Crippen molar-refractivity contribution in [3.8, 4) is 0 Å². The molecule has 0 heterocycles. The third-order valence-corrected chi connectivity index (χ3v) is 7.08. The summed E-state index contributed by atoms with van der Waals surface area (Å²) in [6.45, 7) is 15.9. The van der Waals surface area contributed by atoms with Crippen molar-refractivity contribution >= 4 is 0 Å². The van der Waals surface area contributed by atoms with Gasteiger partial charge in [0.05, 0.1) is 0 Å². The minimum atomic E-state index is -0.0920. The molecule has 0 N–H and O–H groups in total. The van der Waals surface area contributed by atoms with Gasteiger partial charge in [0.25, 0.3) is 0 Å². The number of hydrogen-bond donors (Lipinski definition) is 0. The minimum absolute atomic E-state index is 0.0920. The van der Waals surface area contributed by atoms with E-state index in [4.69, 9.17) is 0 Å². The predicted molar refractivity (Wildman–Crippen MR) is 92.4 cm³/mol. The SMILES string of the molecule is Cc1cc(C(C)(C)C)ccc1[I+]c1ccc(C(C)(C)C)cc1. The number of hydrogen-bond acceptors (Lipinski definition) is 0. The van der Waals surface area contributed by atoms with Crippen LogP contribution in [0.3, 0.4) is 0 Å². The maximum Gasteiger partial charge on any atom is 0.358 e. The van der Waals surface area contributed by atoms with Gasteiger partial charge < -0.3 is 0 Å². The van der Waals surface area contributed by atoms with Crippen molar-refractivity contribution in [3.63, 3.8) is 0 Å². The van der Waals surface area contributed by atoms with Gasteiger partial charge in [0, 0.05) is 5.56 Å². The van der Waals surface area contributed by atoms with Gasteiger partial charge in [-0.1, -0.05) is 65.8 Å². The van der Waals surface area contributed by atoms with E-state index in [0.717, 1.165) is 0 Å². The molecule has 2 rings (SSSR count). The molecule has 22 heavy (non-hydrogen) atoms. The molecule has 0 nitrogen and oxygen atoms in total. The van der Waals surface area contributed by atoms with Gasteiger partial charge in [-0.2, -0.15) is 0 Å². The van der Waals surface area contributed by atoms with Gasteiger partial charge in [0.1, 0.15) is 0 Å². The lowest BCUT2D eigenvalue weighted by molar-refractivity contribution is -0.598. The van der Waals surface area contributed by atoms with Gasteiger partial charge in [-0.05, 0) is 47.1 Å². The van der Waals surface area contributed by atoms with E-state index >= 15 is 0 Å². The molecule has 0 aliphatic carbocycles. The Labute approximate surface area is 146 Å². The lowest BCUT2D eigenvalue weighted by Gasteiger charge is -2.19. The molecule has 0 bridgehead atoms. The molecule has 0 fully saturated rings. The summed E-state index contributed by atoms with van der Waals surface area (Å²) < 4.78 is 3.04. The number of halogens is 1. The summed E-state index contributed by atoms with van der Waals surface area (Å²) in [4.78, 5) is 0. The van der Waals surface area contributed by atoms with Crippen molar-refractivity contribution in [2.75, 3.05) is 0 Å². The Morgan fingerprint density at radius 1 is 0.682 bits per heavy atom. The average molecular weight is 407 g/mol. The molecule has 0 unspecified atom stereocenters. The van der Waals surface area contributed by atoms with E-state index in [1.165, 1.54) is 23.8 Å². The van der Waals surface area contributed by atoms with Gasteiger partial charge in [0.2, 0.25) is 0 Å². The summed E-state index contributed by atoms with van der Waals surface area (Å²) in [7, 11) is 0. The number of aryl methyl sites for hydroxylation is 1. The van der Waals surface area contributed by atoms with Gasteiger partial charge in [-0.3, -0.25) is 0 Å². The van der Waals surface area contributed by atoms with E-state index in [2.05, 4.69) is 90.9 Å². The maximum absolute atomic E-state index is 2.37.